The number of rotatable bonds is 20. The summed E-state index contributed by atoms with van der Waals surface area (Å²) in [7, 11) is 12.4. The Morgan fingerprint density at radius 2 is 0.861 bits per heavy atom. The second kappa shape index (κ2) is 33.8. The topological polar surface area (TPSA) is 202 Å². The minimum absolute atomic E-state index is 0. The molecular formula is C21H42N2O11Rf2-4. The number of ether oxygens (including phenoxy) is 6. The van der Waals surface area contributed by atoms with Crippen LogP contribution in [-0.4, -0.2) is 98.3 Å². The summed E-state index contributed by atoms with van der Waals surface area (Å²) < 4.78 is 27.7. The van der Waals surface area contributed by atoms with Crippen LogP contribution in [0.5, 0.6) is 0 Å². The molecule has 0 fully saturated rings. The monoisotopic (exact) mass is 1030 g/mol. The third kappa shape index (κ3) is 44.3. The fourth-order valence-corrected chi connectivity index (χ4v) is 1.75. The SMILES string of the molecule is [CH2-]OCC(O)CCOCCC(N)=O.[CH2-]OCC(O)CCOCCC(N)=O.[CH2-]OCC(O)CO[CH2-].[Rf].[Rf]. The molecule has 0 aliphatic rings. The average Bonchev–Trinajstić information content (AvgIpc) is 2.74. The van der Waals surface area contributed by atoms with E-state index in [1.807, 2.05) is 0 Å². The molecule has 0 bridgehead atoms. The Kier molecular flexibility index (Phi) is 40.0. The van der Waals surface area contributed by atoms with Gasteiger partial charge in [-0.25, -0.2) is 28.4 Å². The number of amides is 2. The Hall–Kier alpha value is -3.42. The molecule has 2 atom stereocenters. The maximum absolute atomic E-state index is 10.3. The summed E-state index contributed by atoms with van der Waals surface area (Å²) in [5.41, 5.74) is 9.77. The predicted molar refractivity (Wildman–Crippen MR) is 122 cm³/mol. The van der Waals surface area contributed by atoms with Crippen LogP contribution in [0.15, 0.2) is 0 Å². The van der Waals surface area contributed by atoms with E-state index in [1.54, 1.807) is 0 Å². The van der Waals surface area contributed by atoms with Gasteiger partial charge in [0.2, 0.25) is 11.8 Å². The molecule has 15 heteroatoms. The average molecular weight is 1030 g/mol. The van der Waals surface area contributed by atoms with Crippen LogP contribution in [-0.2, 0) is 38.0 Å². The van der Waals surface area contributed by atoms with Gasteiger partial charge in [-0.2, -0.15) is 0 Å². The number of carbonyl (C=O) groups excluding carboxylic acids is 2. The molecule has 0 saturated carbocycles. The maximum atomic E-state index is 10.3. The Balaban J connectivity index is -0.000000134. The van der Waals surface area contributed by atoms with E-state index in [0.717, 1.165) is 0 Å². The third-order valence-corrected chi connectivity index (χ3v) is 3.42. The standard InChI is InChI=1S/2C8H16NO4.C5H10O3.2Rf/c2*1-12-6-7(10)2-4-13-5-3-8(9)11;1-7-3-5(6)4-8-2;;/h2*7,10H,1-6H2,(H2,9,11);5-6H,1-4H2;;/q2*-1;-2;;. The van der Waals surface area contributed by atoms with Gasteiger partial charge >= 0.3 is 0 Å². The first-order valence-corrected chi connectivity index (χ1v) is 10.4. The fourth-order valence-electron chi connectivity index (χ4n) is 1.75. The summed E-state index contributed by atoms with van der Waals surface area (Å²) in [5.74, 6) is -0.775. The second-order valence-corrected chi connectivity index (χ2v) is 6.68. The first kappa shape index (κ1) is 42.7. The maximum Gasteiger partial charge on any atom is 0.219 e. The number of aliphatic hydroxyl groups is 3. The van der Waals surface area contributed by atoms with Crippen molar-refractivity contribution in [1.29, 1.82) is 0 Å². The molecule has 0 aromatic heterocycles. The summed E-state index contributed by atoms with van der Waals surface area (Å²) in [5, 5.41) is 27.0. The molecule has 7 N–H and O–H groups in total. The van der Waals surface area contributed by atoms with Crippen LogP contribution < -0.4 is 11.5 Å². The van der Waals surface area contributed by atoms with Crippen molar-refractivity contribution >= 4 is 11.8 Å². The molecule has 0 spiro atoms. The van der Waals surface area contributed by atoms with Crippen LogP contribution in [0.2, 0.25) is 0 Å². The van der Waals surface area contributed by atoms with Gasteiger partial charge in [-0.3, -0.25) is 9.59 Å². The molecule has 2 unspecified atom stereocenters. The van der Waals surface area contributed by atoms with E-state index < -0.39 is 18.3 Å². The molecular weight excluding hydrogens is 990 g/mol. The Morgan fingerprint density at radius 3 is 1.11 bits per heavy atom. The van der Waals surface area contributed by atoms with E-state index in [-0.39, 0.29) is 51.1 Å². The van der Waals surface area contributed by atoms with Crippen LogP contribution in [0.4, 0.5) is 0 Å². The first-order chi connectivity index (χ1) is 16.1. The summed E-state index contributed by atoms with van der Waals surface area (Å²) in [6, 6.07) is 0. The molecule has 0 radical (unpaired) electrons. The molecule has 0 aliphatic carbocycles. The number of carbonyl (C=O) groups is 2. The normalized spacial score (nSPS) is 11.6. The predicted octanol–water partition coefficient (Wildman–Crippen LogP) is -1.16. The van der Waals surface area contributed by atoms with Gasteiger partial charge in [0.1, 0.15) is 0 Å². The van der Waals surface area contributed by atoms with Crippen LogP contribution in [0.3, 0.4) is 0 Å². The number of hydrogen-bond donors (Lipinski definition) is 5. The molecule has 0 rings (SSSR count). The largest absolute Gasteiger partial charge is 0.553 e. The zero-order valence-electron chi connectivity index (χ0n) is 21.2. The quantitative estimate of drug-likeness (QED) is 0.0728. The van der Waals surface area contributed by atoms with Gasteiger partial charge in [0.15, 0.2) is 0 Å². The van der Waals surface area contributed by atoms with Crippen LogP contribution in [0.25, 0.3) is 0 Å². The van der Waals surface area contributed by atoms with Crippen LogP contribution in [0.1, 0.15) is 25.7 Å². The van der Waals surface area contributed by atoms with E-state index >= 15 is 0 Å². The van der Waals surface area contributed by atoms with Crippen molar-refractivity contribution < 1.29 is 53.3 Å². The Labute approximate surface area is 202 Å². The van der Waals surface area contributed by atoms with Gasteiger partial charge in [0.25, 0.3) is 0 Å². The van der Waals surface area contributed by atoms with Gasteiger partial charge in [0.05, 0.1) is 31.5 Å². The van der Waals surface area contributed by atoms with Crippen molar-refractivity contribution in [3.05, 3.63) is 28.4 Å². The Bertz CT molecular complexity index is 418. The van der Waals surface area contributed by atoms with E-state index in [0.29, 0.717) is 39.3 Å². The molecule has 2 amide bonds. The molecule has 0 aliphatic heterocycles. The molecule has 0 heterocycles. The van der Waals surface area contributed by atoms with Gasteiger partial charge in [-0.15, -0.1) is 0 Å². The van der Waals surface area contributed by atoms with Crippen LogP contribution in [0, 0.1) is 28.4 Å². The molecule has 13 nitrogen and oxygen atoms in total. The van der Waals surface area contributed by atoms with E-state index in [4.69, 9.17) is 36.3 Å². The van der Waals surface area contributed by atoms with Gasteiger partial charge in [0, 0.05) is 52.5 Å². The van der Waals surface area contributed by atoms with Crippen molar-refractivity contribution in [3.63, 3.8) is 0 Å². The minimum atomic E-state index is -0.606. The zero-order chi connectivity index (χ0) is 26.6. The van der Waals surface area contributed by atoms with Crippen molar-refractivity contribution in [2.24, 2.45) is 11.5 Å². The fraction of sp³-hybridized carbons (Fsp3) is 0.714. The summed E-state index contributed by atoms with van der Waals surface area (Å²) >= 11 is 0. The van der Waals surface area contributed by atoms with E-state index in [9.17, 15) is 9.59 Å². The van der Waals surface area contributed by atoms with Gasteiger partial charge in [-0.1, -0.05) is 0 Å². The van der Waals surface area contributed by atoms with Gasteiger partial charge in [-0.05, 0) is 12.8 Å². The summed E-state index contributed by atoms with van der Waals surface area (Å²) in [6.07, 6.45) is -0.381. The van der Waals surface area contributed by atoms with Gasteiger partial charge < -0.3 is 55.2 Å². The van der Waals surface area contributed by atoms with Crippen molar-refractivity contribution in [2.45, 2.75) is 44.0 Å². The second-order valence-electron chi connectivity index (χ2n) is 6.68. The summed E-state index contributed by atoms with van der Waals surface area (Å²) in [6.45, 7) is 2.14. The summed E-state index contributed by atoms with van der Waals surface area (Å²) in [4.78, 5) is 20.5. The van der Waals surface area contributed by atoms with Crippen molar-refractivity contribution in [1.82, 2.24) is 0 Å². The van der Waals surface area contributed by atoms with E-state index in [1.165, 1.54) is 0 Å². The Morgan fingerprint density at radius 1 is 0.583 bits per heavy atom. The molecule has 0 aromatic carbocycles. The molecule has 36 heavy (non-hydrogen) atoms. The smallest absolute Gasteiger partial charge is 0.219 e. The number of nitrogens with two attached hydrogens (primary N) is 2. The minimum Gasteiger partial charge on any atom is -0.553 e. The van der Waals surface area contributed by atoms with Crippen molar-refractivity contribution in [3.8, 4) is 0 Å². The van der Waals surface area contributed by atoms with Crippen LogP contribution >= 0.6 is 0 Å². The van der Waals surface area contributed by atoms with Crippen molar-refractivity contribution in [2.75, 3.05) is 52.9 Å². The number of primary amides is 2. The van der Waals surface area contributed by atoms with E-state index in [2.05, 4.69) is 47.4 Å². The third-order valence-electron chi connectivity index (χ3n) is 3.42. The first-order valence-electron chi connectivity index (χ1n) is 10.4. The number of hydrogen-bond acceptors (Lipinski definition) is 11. The molecule has 0 saturated heterocycles. The number of aliphatic hydroxyl groups excluding tert-OH is 3. The zero-order valence-corrected chi connectivity index (χ0v) is 34.0. The molecule has 210 valence electrons. The molecule has 0 aromatic rings.